The number of aromatic nitrogens is 3. The van der Waals surface area contributed by atoms with Gasteiger partial charge in [0.25, 0.3) is 0 Å². The van der Waals surface area contributed by atoms with E-state index in [1.54, 1.807) is 0 Å². The second-order valence-electron chi connectivity index (χ2n) is 18.1. The summed E-state index contributed by atoms with van der Waals surface area (Å²) in [5.74, 6) is 0.233. The molecule has 2 aliphatic rings. The maximum atomic E-state index is 6.36. The molecule has 3 aromatic heterocycles. The van der Waals surface area contributed by atoms with E-state index in [0.717, 1.165) is 72.2 Å². The fourth-order valence-corrected chi connectivity index (χ4v) is 11.2. The average Bonchev–Trinajstić information content (AvgIpc) is 4.03. The van der Waals surface area contributed by atoms with Crippen LogP contribution in [0, 0.1) is 0 Å². The first-order chi connectivity index (χ1) is 33.2. The summed E-state index contributed by atoms with van der Waals surface area (Å²) in [4.78, 5) is 13.1. The number of furan rings is 1. The van der Waals surface area contributed by atoms with Gasteiger partial charge in [0.05, 0.1) is 39.5 Å². The summed E-state index contributed by atoms with van der Waals surface area (Å²) in [6.07, 6.45) is 9.13. The summed E-state index contributed by atoms with van der Waals surface area (Å²) in [6, 6.07) is 70.5. The third-order valence-electron chi connectivity index (χ3n) is 14.4. The molecule has 0 N–H and O–H groups in total. The van der Waals surface area contributed by atoms with Gasteiger partial charge in [-0.05, 0) is 129 Å². The van der Waals surface area contributed by atoms with Gasteiger partial charge in [-0.2, -0.15) is 0 Å². The van der Waals surface area contributed by atoms with Crippen molar-refractivity contribution in [3.05, 3.63) is 224 Å². The highest BCUT2D eigenvalue weighted by Gasteiger charge is 2.38. The Morgan fingerprint density at radius 1 is 0.403 bits per heavy atom. The third kappa shape index (κ3) is 5.49. The largest absolute Gasteiger partial charge is 0.456 e. The number of para-hydroxylation sites is 4. The Morgan fingerprint density at radius 2 is 1.04 bits per heavy atom. The minimum atomic E-state index is 0.147. The van der Waals surface area contributed by atoms with Crippen LogP contribution in [0.3, 0.4) is 0 Å². The van der Waals surface area contributed by atoms with Gasteiger partial charge in [0.1, 0.15) is 11.2 Å². The molecule has 0 radical (unpaired) electrons. The molecule has 1 aliphatic carbocycles. The molecule has 2 unspecified atom stereocenters. The molecule has 0 saturated carbocycles. The first-order valence-corrected chi connectivity index (χ1v) is 23.0. The van der Waals surface area contributed by atoms with Gasteiger partial charge in [0.2, 0.25) is 0 Å². The van der Waals surface area contributed by atoms with Gasteiger partial charge < -0.3 is 13.9 Å². The lowest BCUT2D eigenvalue weighted by Crippen LogP contribution is -2.28. The van der Waals surface area contributed by atoms with Gasteiger partial charge >= 0.3 is 0 Å². The van der Waals surface area contributed by atoms with E-state index in [-0.39, 0.29) is 12.0 Å². The fourth-order valence-electron chi connectivity index (χ4n) is 11.2. The zero-order valence-electron chi connectivity index (χ0n) is 36.1. The van der Waals surface area contributed by atoms with E-state index in [4.69, 9.17) is 14.4 Å². The topological polar surface area (TPSA) is 47.1 Å². The lowest BCUT2D eigenvalue weighted by molar-refractivity contribution is 0.669. The number of fused-ring (bicyclic) bond motifs is 13. The van der Waals surface area contributed by atoms with Crippen molar-refractivity contribution < 1.29 is 4.42 Å². The summed E-state index contributed by atoms with van der Waals surface area (Å²) < 4.78 is 8.80. The molecule has 10 aromatic carbocycles. The molecule has 0 spiro atoms. The number of benzene rings is 10. The Hall–Kier alpha value is -8.80. The van der Waals surface area contributed by atoms with E-state index in [1.165, 1.54) is 60.0 Å². The van der Waals surface area contributed by atoms with E-state index in [9.17, 15) is 0 Å². The Balaban J connectivity index is 0.870. The number of rotatable bonds is 4. The summed E-state index contributed by atoms with van der Waals surface area (Å²) in [7, 11) is 0. The SMILES string of the molecule is C1=CC2c3cc4ccc(-n5c6ccccc6c6cc7ccccc7cc65)cc4cc3N(c3ccc4ccc(-c5nc6ccccc6nc5-c5ccc6c(c5)oc5ccccc56)cc4c3)C2C=C1. The summed E-state index contributed by atoms with van der Waals surface area (Å²) in [6.45, 7) is 0. The summed E-state index contributed by atoms with van der Waals surface area (Å²) >= 11 is 0. The molecule has 4 heterocycles. The van der Waals surface area contributed by atoms with Gasteiger partial charge in [0.15, 0.2) is 0 Å². The predicted molar refractivity (Wildman–Crippen MR) is 278 cm³/mol. The highest BCUT2D eigenvalue weighted by atomic mass is 16.3. The highest BCUT2D eigenvalue weighted by molar-refractivity contribution is 6.14. The van der Waals surface area contributed by atoms with E-state index in [1.807, 2.05) is 36.4 Å². The number of anilines is 2. The molecule has 5 heteroatoms. The van der Waals surface area contributed by atoms with Crippen LogP contribution in [0.5, 0.6) is 0 Å². The van der Waals surface area contributed by atoms with Crippen LogP contribution in [-0.4, -0.2) is 20.6 Å². The highest BCUT2D eigenvalue weighted by Crippen LogP contribution is 2.50. The quantitative estimate of drug-likeness (QED) is 0.177. The lowest BCUT2D eigenvalue weighted by Gasteiger charge is -2.29. The van der Waals surface area contributed by atoms with E-state index >= 15 is 0 Å². The van der Waals surface area contributed by atoms with Crippen LogP contribution in [0.25, 0.3) is 115 Å². The maximum Gasteiger partial charge on any atom is 0.136 e. The van der Waals surface area contributed by atoms with Crippen LogP contribution in [0.15, 0.2) is 223 Å². The fraction of sp³-hybridized carbons (Fsp3) is 0.0323. The Labute approximate surface area is 384 Å². The zero-order valence-corrected chi connectivity index (χ0v) is 36.1. The second-order valence-corrected chi connectivity index (χ2v) is 18.1. The number of hydrogen-bond acceptors (Lipinski definition) is 4. The summed E-state index contributed by atoms with van der Waals surface area (Å²) in [5, 5.41) is 12.0. The van der Waals surface area contributed by atoms with Gasteiger partial charge in [-0.3, -0.25) is 0 Å². The van der Waals surface area contributed by atoms with Crippen molar-refractivity contribution in [3.8, 4) is 28.2 Å². The standard InChI is InChI=1S/C62H38N4O/c1-2-12-39-34-57-51(32-38(39)11-1)47-13-3-8-18-55(47)65(57)46-27-24-40-33-52-48-14-4-9-19-56(48)66(58(52)35-44(40)31-46)45-26-23-37-21-22-41(29-43(37)30-45)61-62(64-54-17-7-6-16-53(54)63-61)42-25-28-50-49-15-5-10-20-59(49)67-60(50)36-42/h1-36,48,56H. The van der Waals surface area contributed by atoms with Crippen molar-refractivity contribution in [1.29, 1.82) is 0 Å². The molecule has 0 saturated heterocycles. The van der Waals surface area contributed by atoms with Crippen molar-refractivity contribution in [2.24, 2.45) is 0 Å². The predicted octanol–water partition coefficient (Wildman–Crippen LogP) is 16.1. The van der Waals surface area contributed by atoms with Gasteiger partial charge in [-0.1, -0.05) is 127 Å². The minimum Gasteiger partial charge on any atom is -0.456 e. The Morgan fingerprint density at radius 3 is 1.93 bits per heavy atom. The first kappa shape index (κ1) is 36.5. The van der Waals surface area contributed by atoms with Gasteiger partial charge in [-0.25, -0.2) is 9.97 Å². The first-order valence-electron chi connectivity index (χ1n) is 23.0. The van der Waals surface area contributed by atoms with Crippen molar-refractivity contribution in [1.82, 2.24) is 14.5 Å². The number of hydrogen-bond donors (Lipinski definition) is 0. The number of allylic oxidation sites excluding steroid dienone is 2. The van der Waals surface area contributed by atoms with Crippen LogP contribution in [0.1, 0.15) is 11.5 Å². The molecular formula is C62H38N4O. The van der Waals surface area contributed by atoms with E-state index in [2.05, 4.69) is 191 Å². The number of nitrogens with zero attached hydrogens (tertiary/aromatic N) is 4. The van der Waals surface area contributed by atoms with E-state index < -0.39 is 0 Å². The van der Waals surface area contributed by atoms with E-state index in [0.29, 0.717) is 0 Å². The molecule has 2 atom stereocenters. The third-order valence-corrected chi connectivity index (χ3v) is 14.4. The molecule has 67 heavy (non-hydrogen) atoms. The van der Waals surface area contributed by atoms with Crippen LogP contribution >= 0.6 is 0 Å². The molecule has 1 aliphatic heterocycles. The van der Waals surface area contributed by atoms with Crippen molar-refractivity contribution in [3.63, 3.8) is 0 Å². The van der Waals surface area contributed by atoms with Crippen molar-refractivity contribution in [2.45, 2.75) is 12.0 Å². The van der Waals surface area contributed by atoms with Gasteiger partial charge in [-0.15, -0.1) is 0 Å². The molecule has 0 amide bonds. The van der Waals surface area contributed by atoms with Crippen LogP contribution in [0.2, 0.25) is 0 Å². The monoisotopic (exact) mass is 854 g/mol. The molecule has 312 valence electrons. The molecular weight excluding hydrogens is 817 g/mol. The average molecular weight is 855 g/mol. The van der Waals surface area contributed by atoms with Crippen LogP contribution < -0.4 is 4.90 Å². The van der Waals surface area contributed by atoms with Gasteiger partial charge in [0, 0.05) is 55.7 Å². The molecule has 15 rings (SSSR count). The molecule has 5 nitrogen and oxygen atoms in total. The molecule has 0 fully saturated rings. The summed E-state index contributed by atoms with van der Waals surface area (Å²) in [5.41, 5.74) is 14.4. The Kier molecular flexibility index (Phi) is 7.55. The molecule has 0 bridgehead atoms. The normalized spacial score (nSPS) is 15.6. The lowest BCUT2D eigenvalue weighted by atomic mass is 9.90. The van der Waals surface area contributed by atoms with Crippen molar-refractivity contribution in [2.75, 3.05) is 4.90 Å². The zero-order chi connectivity index (χ0) is 43.7. The minimum absolute atomic E-state index is 0.147. The molecule has 13 aromatic rings. The Bertz CT molecular complexity index is 4320. The van der Waals surface area contributed by atoms with Crippen molar-refractivity contribution >= 4 is 98.5 Å². The smallest absolute Gasteiger partial charge is 0.136 e. The van der Waals surface area contributed by atoms with Crippen LogP contribution in [-0.2, 0) is 0 Å². The second kappa shape index (κ2) is 13.9. The maximum absolute atomic E-state index is 6.36. The van der Waals surface area contributed by atoms with Crippen LogP contribution in [0.4, 0.5) is 11.4 Å².